The first kappa shape index (κ1) is 16.7. The molecular formula is C15H24N4O3. The molecule has 0 saturated carbocycles. The van der Waals surface area contributed by atoms with Gasteiger partial charge >= 0.3 is 0 Å². The van der Waals surface area contributed by atoms with Gasteiger partial charge in [-0.2, -0.15) is 5.26 Å². The second-order valence-corrected chi connectivity index (χ2v) is 5.90. The number of nitrogens with one attached hydrogen (secondary N) is 1. The minimum absolute atomic E-state index is 0.0116. The van der Waals surface area contributed by atoms with Gasteiger partial charge in [0, 0.05) is 13.1 Å². The van der Waals surface area contributed by atoms with Crippen LogP contribution in [0.3, 0.4) is 0 Å². The third-order valence-electron chi connectivity index (χ3n) is 4.43. The molecule has 122 valence electrons. The first-order valence-electron chi connectivity index (χ1n) is 7.97. The van der Waals surface area contributed by atoms with E-state index in [1.165, 1.54) is 0 Å². The summed E-state index contributed by atoms with van der Waals surface area (Å²) in [7, 11) is 0. The smallest absolute Gasteiger partial charge is 0.237 e. The predicted molar refractivity (Wildman–Crippen MR) is 79.7 cm³/mol. The molecule has 7 nitrogen and oxygen atoms in total. The van der Waals surface area contributed by atoms with Gasteiger partial charge in [-0.15, -0.1) is 0 Å². The average Bonchev–Trinajstić information content (AvgIpc) is 3.03. The fourth-order valence-corrected chi connectivity index (χ4v) is 3.20. The largest absolute Gasteiger partial charge is 0.394 e. The summed E-state index contributed by atoms with van der Waals surface area (Å²) in [6.45, 7) is 1.44. The number of nitrogens with zero attached hydrogens (tertiary/aromatic N) is 3. The second kappa shape index (κ2) is 8.11. The molecule has 7 heteroatoms. The van der Waals surface area contributed by atoms with Gasteiger partial charge in [0.2, 0.25) is 11.8 Å². The van der Waals surface area contributed by atoms with E-state index in [1.807, 2.05) is 0 Å². The molecule has 0 aromatic heterocycles. The topological polar surface area (TPSA) is 96.7 Å². The van der Waals surface area contributed by atoms with Crippen molar-refractivity contribution in [1.82, 2.24) is 15.1 Å². The number of hydrogen-bond donors (Lipinski definition) is 2. The molecule has 2 fully saturated rings. The fraction of sp³-hybridized carbons (Fsp3) is 0.800. The van der Waals surface area contributed by atoms with E-state index in [0.717, 1.165) is 32.1 Å². The first-order valence-corrected chi connectivity index (χ1v) is 7.97. The second-order valence-electron chi connectivity index (χ2n) is 5.90. The van der Waals surface area contributed by atoms with Gasteiger partial charge in [-0.3, -0.25) is 14.9 Å². The summed E-state index contributed by atoms with van der Waals surface area (Å²) in [5, 5.41) is 21.2. The van der Waals surface area contributed by atoms with Crippen molar-refractivity contribution in [3.8, 4) is 6.07 Å². The Morgan fingerprint density at radius 1 is 1.09 bits per heavy atom. The summed E-state index contributed by atoms with van der Waals surface area (Å²) in [4.78, 5) is 27.5. The van der Waals surface area contributed by atoms with Crippen LogP contribution in [0.2, 0.25) is 0 Å². The minimum Gasteiger partial charge on any atom is -0.394 e. The van der Waals surface area contributed by atoms with Crippen LogP contribution in [-0.4, -0.2) is 71.6 Å². The zero-order valence-electron chi connectivity index (χ0n) is 12.8. The SMILES string of the molecule is N#CC1CCCN1C(=O)CNCC(=O)N1CCCC[C@H]1CO. The Morgan fingerprint density at radius 2 is 1.77 bits per heavy atom. The van der Waals surface area contributed by atoms with Crippen molar-refractivity contribution in [3.05, 3.63) is 0 Å². The van der Waals surface area contributed by atoms with E-state index in [-0.39, 0.29) is 43.6 Å². The van der Waals surface area contributed by atoms with Crippen LogP contribution < -0.4 is 5.32 Å². The minimum atomic E-state index is -0.328. The zero-order chi connectivity index (χ0) is 15.9. The number of likely N-dealkylation sites (tertiary alicyclic amines) is 2. The Bertz CT molecular complexity index is 449. The zero-order valence-corrected chi connectivity index (χ0v) is 12.8. The van der Waals surface area contributed by atoms with Gasteiger partial charge in [-0.25, -0.2) is 0 Å². The summed E-state index contributed by atoms with van der Waals surface area (Å²) in [5.41, 5.74) is 0. The van der Waals surface area contributed by atoms with E-state index in [4.69, 9.17) is 5.26 Å². The first-order chi connectivity index (χ1) is 10.7. The molecule has 0 spiro atoms. The molecule has 2 amide bonds. The highest BCUT2D eigenvalue weighted by Gasteiger charge is 2.29. The molecule has 1 unspecified atom stereocenters. The molecule has 2 saturated heterocycles. The lowest BCUT2D eigenvalue weighted by molar-refractivity contribution is -0.135. The Hall–Kier alpha value is -1.65. The molecule has 0 bridgehead atoms. The van der Waals surface area contributed by atoms with Gasteiger partial charge in [-0.05, 0) is 32.1 Å². The van der Waals surface area contributed by atoms with Crippen LogP contribution >= 0.6 is 0 Å². The summed E-state index contributed by atoms with van der Waals surface area (Å²) in [6, 6.07) is 1.71. The maximum atomic E-state index is 12.2. The Morgan fingerprint density at radius 3 is 2.45 bits per heavy atom. The predicted octanol–water partition coefficient (Wildman–Crippen LogP) is -0.536. The average molecular weight is 308 g/mol. The normalized spacial score (nSPS) is 25.1. The van der Waals surface area contributed by atoms with Crippen molar-refractivity contribution in [1.29, 1.82) is 5.26 Å². The molecule has 0 aromatic carbocycles. The van der Waals surface area contributed by atoms with E-state index < -0.39 is 0 Å². The van der Waals surface area contributed by atoms with E-state index in [2.05, 4.69) is 11.4 Å². The van der Waals surface area contributed by atoms with Crippen molar-refractivity contribution in [2.24, 2.45) is 0 Å². The number of aliphatic hydroxyl groups is 1. The van der Waals surface area contributed by atoms with Gasteiger partial charge in [0.15, 0.2) is 0 Å². The van der Waals surface area contributed by atoms with E-state index in [9.17, 15) is 14.7 Å². The van der Waals surface area contributed by atoms with Crippen LogP contribution in [0.25, 0.3) is 0 Å². The fourth-order valence-electron chi connectivity index (χ4n) is 3.20. The van der Waals surface area contributed by atoms with E-state index in [0.29, 0.717) is 13.1 Å². The molecule has 2 atom stereocenters. The van der Waals surface area contributed by atoms with Crippen LogP contribution in [-0.2, 0) is 9.59 Å². The van der Waals surface area contributed by atoms with Crippen LogP contribution in [0.5, 0.6) is 0 Å². The van der Waals surface area contributed by atoms with Gasteiger partial charge in [0.1, 0.15) is 6.04 Å². The molecule has 2 aliphatic rings. The molecule has 0 aromatic rings. The molecule has 2 heterocycles. The third-order valence-corrected chi connectivity index (χ3v) is 4.43. The van der Waals surface area contributed by atoms with E-state index >= 15 is 0 Å². The van der Waals surface area contributed by atoms with Gasteiger partial charge < -0.3 is 14.9 Å². The quantitative estimate of drug-likeness (QED) is 0.711. The van der Waals surface area contributed by atoms with Crippen LogP contribution in [0.15, 0.2) is 0 Å². The van der Waals surface area contributed by atoms with Crippen molar-refractivity contribution >= 4 is 11.8 Å². The molecule has 2 aliphatic heterocycles. The van der Waals surface area contributed by atoms with E-state index in [1.54, 1.807) is 9.80 Å². The maximum Gasteiger partial charge on any atom is 0.237 e. The highest BCUT2D eigenvalue weighted by Crippen LogP contribution is 2.17. The molecule has 0 aliphatic carbocycles. The van der Waals surface area contributed by atoms with Crippen molar-refractivity contribution in [2.45, 2.75) is 44.2 Å². The molecule has 22 heavy (non-hydrogen) atoms. The van der Waals surface area contributed by atoms with Crippen molar-refractivity contribution < 1.29 is 14.7 Å². The maximum absolute atomic E-state index is 12.2. The van der Waals surface area contributed by atoms with Gasteiger partial charge in [0.25, 0.3) is 0 Å². The highest BCUT2D eigenvalue weighted by molar-refractivity contribution is 5.82. The third kappa shape index (κ3) is 3.96. The summed E-state index contributed by atoms with van der Waals surface area (Å²) in [5.74, 6) is -0.209. The molecule has 2 rings (SSSR count). The number of piperidine rings is 1. The lowest BCUT2D eigenvalue weighted by Crippen LogP contribution is -2.50. The number of carbonyl (C=O) groups excluding carboxylic acids is 2. The lowest BCUT2D eigenvalue weighted by Gasteiger charge is -2.34. The highest BCUT2D eigenvalue weighted by atomic mass is 16.3. The standard InChI is InChI=1S/C15H24N4O3/c16-8-12-5-3-7-18(12)14(21)9-17-10-15(22)19-6-2-1-4-13(19)11-20/h12-13,17,20H,1-7,9-11H2/t12?,13-/m0/s1. The van der Waals surface area contributed by atoms with Gasteiger partial charge in [-0.1, -0.05) is 0 Å². The van der Waals surface area contributed by atoms with Gasteiger partial charge in [0.05, 0.1) is 31.8 Å². The Balaban J connectivity index is 1.74. The molecular weight excluding hydrogens is 284 g/mol. The number of amides is 2. The van der Waals surface area contributed by atoms with Crippen LogP contribution in [0, 0.1) is 11.3 Å². The molecule has 2 N–H and O–H groups in total. The number of nitriles is 1. The number of aliphatic hydroxyl groups excluding tert-OH is 1. The summed E-state index contributed by atoms with van der Waals surface area (Å²) < 4.78 is 0. The molecule has 0 radical (unpaired) electrons. The monoisotopic (exact) mass is 308 g/mol. The lowest BCUT2D eigenvalue weighted by atomic mass is 10.0. The summed E-state index contributed by atoms with van der Waals surface area (Å²) in [6.07, 6.45) is 4.41. The Kier molecular flexibility index (Phi) is 6.16. The number of rotatable bonds is 5. The van der Waals surface area contributed by atoms with Crippen molar-refractivity contribution in [2.75, 3.05) is 32.8 Å². The summed E-state index contributed by atoms with van der Waals surface area (Å²) >= 11 is 0. The Labute approximate surface area is 130 Å². The number of hydrogen-bond acceptors (Lipinski definition) is 5. The van der Waals surface area contributed by atoms with Crippen molar-refractivity contribution in [3.63, 3.8) is 0 Å². The van der Waals surface area contributed by atoms with Crippen LogP contribution in [0.1, 0.15) is 32.1 Å². The number of carbonyl (C=O) groups is 2. The van der Waals surface area contributed by atoms with Crippen LogP contribution in [0.4, 0.5) is 0 Å².